The Bertz CT molecular complexity index is 873. The molecule has 1 atom stereocenters. The van der Waals surface area contributed by atoms with Gasteiger partial charge in [0.05, 0.1) is 24.5 Å². The lowest BCUT2D eigenvalue weighted by Crippen LogP contribution is -2.42. The number of aliphatic hydroxyl groups excluding tert-OH is 1. The number of nitrogens with zero attached hydrogens (tertiary/aromatic N) is 4. The van der Waals surface area contributed by atoms with E-state index in [9.17, 15) is 9.90 Å². The molecule has 0 spiro atoms. The Labute approximate surface area is 165 Å². The van der Waals surface area contributed by atoms with Crippen molar-refractivity contribution >= 4 is 5.91 Å². The minimum absolute atomic E-state index is 0.193. The van der Waals surface area contributed by atoms with E-state index in [2.05, 4.69) is 34.3 Å². The van der Waals surface area contributed by atoms with Crippen LogP contribution in [0.2, 0.25) is 0 Å². The number of rotatable bonds is 4. The molecule has 1 aliphatic carbocycles. The molecule has 2 aliphatic heterocycles. The summed E-state index contributed by atoms with van der Waals surface area (Å²) in [6.45, 7) is 4.44. The summed E-state index contributed by atoms with van der Waals surface area (Å²) in [4.78, 5) is 17.2. The topological polar surface area (TPSA) is 61.6 Å². The SMILES string of the molecule is O=C(CN1CCc2ccccc2C1)N1CCCn2nc([C@@H](O)C3CC3)cc2C1. The van der Waals surface area contributed by atoms with Crippen LogP contribution in [0.1, 0.15) is 47.9 Å². The number of fused-ring (bicyclic) bond motifs is 2. The molecule has 1 aromatic heterocycles. The monoisotopic (exact) mass is 380 g/mol. The number of aliphatic hydroxyl groups is 1. The van der Waals surface area contributed by atoms with E-state index in [0.717, 1.165) is 63.3 Å². The molecule has 6 nitrogen and oxygen atoms in total. The summed E-state index contributed by atoms with van der Waals surface area (Å²) in [5.41, 5.74) is 4.57. The number of hydrogen-bond acceptors (Lipinski definition) is 4. The third kappa shape index (κ3) is 3.59. The summed E-state index contributed by atoms with van der Waals surface area (Å²) < 4.78 is 1.99. The first kappa shape index (κ1) is 17.9. The van der Waals surface area contributed by atoms with Gasteiger partial charge in [-0.1, -0.05) is 24.3 Å². The molecular formula is C22H28N4O2. The number of amides is 1. The minimum atomic E-state index is -0.447. The van der Waals surface area contributed by atoms with E-state index in [-0.39, 0.29) is 5.91 Å². The van der Waals surface area contributed by atoms with Gasteiger partial charge in [-0.05, 0) is 48.8 Å². The Hall–Kier alpha value is -2.18. The minimum Gasteiger partial charge on any atom is -0.386 e. The van der Waals surface area contributed by atoms with E-state index in [0.29, 0.717) is 19.0 Å². The Morgan fingerprint density at radius 1 is 1.14 bits per heavy atom. The van der Waals surface area contributed by atoms with Crippen molar-refractivity contribution in [3.8, 4) is 0 Å². The van der Waals surface area contributed by atoms with Crippen LogP contribution in [-0.2, 0) is 30.8 Å². The van der Waals surface area contributed by atoms with Gasteiger partial charge in [-0.2, -0.15) is 5.10 Å². The standard InChI is InChI=1S/C22H28N4O2/c27-21(15-24-11-8-16-4-1-2-5-18(16)13-24)25-9-3-10-26-19(14-25)12-20(23-26)22(28)17-6-7-17/h1-2,4-5,12,17,22,28H,3,6-11,13-15H2/t22-/m0/s1. The molecule has 0 saturated heterocycles. The van der Waals surface area contributed by atoms with Crippen LogP contribution < -0.4 is 0 Å². The lowest BCUT2D eigenvalue weighted by molar-refractivity contribution is -0.133. The maximum atomic E-state index is 13.0. The molecule has 148 valence electrons. The molecule has 5 rings (SSSR count). The fourth-order valence-corrected chi connectivity index (χ4v) is 4.48. The van der Waals surface area contributed by atoms with E-state index in [1.807, 2.05) is 15.6 Å². The van der Waals surface area contributed by atoms with Crippen LogP contribution in [0.5, 0.6) is 0 Å². The van der Waals surface area contributed by atoms with Crippen molar-refractivity contribution in [3.63, 3.8) is 0 Å². The molecule has 0 radical (unpaired) electrons. The molecule has 2 aromatic rings. The molecule has 0 unspecified atom stereocenters. The van der Waals surface area contributed by atoms with Gasteiger partial charge < -0.3 is 10.0 Å². The van der Waals surface area contributed by atoms with Crippen LogP contribution in [0.3, 0.4) is 0 Å². The molecule has 3 heterocycles. The first-order valence-electron chi connectivity index (χ1n) is 10.5. The number of aryl methyl sites for hydroxylation is 1. The van der Waals surface area contributed by atoms with Crippen LogP contribution >= 0.6 is 0 Å². The third-order valence-electron chi connectivity index (χ3n) is 6.33. The highest BCUT2D eigenvalue weighted by Gasteiger charge is 2.33. The van der Waals surface area contributed by atoms with Crippen LogP contribution in [0, 0.1) is 5.92 Å². The van der Waals surface area contributed by atoms with Gasteiger partial charge in [-0.3, -0.25) is 14.4 Å². The fraction of sp³-hybridized carbons (Fsp3) is 0.545. The summed E-state index contributed by atoms with van der Waals surface area (Å²) >= 11 is 0. The molecular weight excluding hydrogens is 352 g/mol. The van der Waals surface area contributed by atoms with E-state index in [1.54, 1.807) is 0 Å². The van der Waals surface area contributed by atoms with Gasteiger partial charge in [-0.15, -0.1) is 0 Å². The number of aromatic nitrogens is 2. The van der Waals surface area contributed by atoms with Gasteiger partial charge in [0.2, 0.25) is 5.91 Å². The lowest BCUT2D eigenvalue weighted by atomic mass is 10.00. The van der Waals surface area contributed by atoms with Crippen molar-refractivity contribution in [1.29, 1.82) is 0 Å². The largest absolute Gasteiger partial charge is 0.386 e. The zero-order valence-electron chi connectivity index (χ0n) is 16.3. The molecule has 28 heavy (non-hydrogen) atoms. The first-order chi connectivity index (χ1) is 13.7. The van der Waals surface area contributed by atoms with E-state index in [4.69, 9.17) is 0 Å². The van der Waals surface area contributed by atoms with Crippen molar-refractivity contribution in [2.75, 3.05) is 19.6 Å². The quantitative estimate of drug-likeness (QED) is 0.883. The number of hydrogen-bond donors (Lipinski definition) is 1. The second-order valence-electron chi connectivity index (χ2n) is 8.46. The van der Waals surface area contributed by atoms with Crippen molar-refractivity contribution in [2.24, 2.45) is 5.92 Å². The average molecular weight is 380 g/mol. The molecule has 6 heteroatoms. The summed E-state index contributed by atoms with van der Waals surface area (Å²) in [7, 11) is 0. The maximum absolute atomic E-state index is 13.0. The lowest BCUT2D eigenvalue weighted by Gasteiger charge is -2.30. The van der Waals surface area contributed by atoms with Gasteiger partial charge in [0, 0.05) is 26.2 Å². The zero-order chi connectivity index (χ0) is 19.1. The molecule has 1 N–H and O–H groups in total. The molecule has 0 bridgehead atoms. The summed E-state index contributed by atoms with van der Waals surface area (Å²) in [6.07, 6.45) is 3.65. The van der Waals surface area contributed by atoms with Gasteiger partial charge in [-0.25, -0.2) is 0 Å². The highest BCUT2D eigenvalue weighted by Crippen LogP contribution is 2.40. The highest BCUT2D eigenvalue weighted by molar-refractivity contribution is 5.78. The van der Waals surface area contributed by atoms with Crippen molar-refractivity contribution in [1.82, 2.24) is 19.6 Å². The highest BCUT2D eigenvalue weighted by atomic mass is 16.3. The Kier molecular flexibility index (Phi) is 4.69. The Morgan fingerprint density at radius 3 is 2.79 bits per heavy atom. The molecule has 1 saturated carbocycles. The van der Waals surface area contributed by atoms with Crippen LogP contribution in [0.15, 0.2) is 30.3 Å². The normalized spacial score (nSPS) is 21.0. The predicted molar refractivity (Wildman–Crippen MR) is 105 cm³/mol. The predicted octanol–water partition coefficient (Wildman–Crippen LogP) is 2.12. The Morgan fingerprint density at radius 2 is 1.96 bits per heavy atom. The fourth-order valence-electron chi connectivity index (χ4n) is 4.48. The van der Waals surface area contributed by atoms with E-state index < -0.39 is 6.10 Å². The second-order valence-corrected chi connectivity index (χ2v) is 8.46. The number of benzene rings is 1. The third-order valence-corrected chi connectivity index (χ3v) is 6.33. The van der Waals surface area contributed by atoms with Gasteiger partial charge >= 0.3 is 0 Å². The molecule has 1 aromatic carbocycles. The van der Waals surface area contributed by atoms with Crippen molar-refractivity contribution in [3.05, 3.63) is 52.8 Å². The summed E-state index contributed by atoms with van der Waals surface area (Å²) in [5.74, 6) is 0.567. The molecule has 1 amide bonds. The molecule has 1 fully saturated rings. The van der Waals surface area contributed by atoms with E-state index >= 15 is 0 Å². The maximum Gasteiger partial charge on any atom is 0.237 e. The van der Waals surface area contributed by atoms with Gasteiger partial charge in [0.1, 0.15) is 6.10 Å². The first-order valence-corrected chi connectivity index (χ1v) is 10.5. The zero-order valence-corrected chi connectivity index (χ0v) is 16.3. The average Bonchev–Trinajstić information content (AvgIpc) is 3.51. The summed E-state index contributed by atoms with van der Waals surface area (Å²) in [6, 6.07) is 10.5. The molecule has 3 aliphatic rings. The van der Waals surface area contributed by atoms with Crippen LogP contribution in [-0.4, -0.2) is 50.2 Å². The van der Waals surface area contributed by atoms with Crippen LogP contribution in [0.4, 0.5) is 0 Å². The number of carbonyl (C=O) groups excluding carboxylic acids is 1. The second kappa shape index (κ2) is 7.33. The van der Waals surface area contributed by atoms with Crippen molar-refractivity contribution < 1.29 is 9.90 Å². The smallest absolute Gasteiger partial charge is 0.237 e. The van der Waals surface area contributed by atoms with Gasteiger partial charge in [0.15, 0.2) is 0 Å². The number of carbonyl (C=O) groups is 1. The van der Waals surface area contributed by atoms with Crippen molar-refractivity contribution in [2.45, 2.75) is 51.4 Å². The van der Waals surface area contributed by atoms with E-state index in [1.165, 1.54) is 11.1 Å². The van der Waals surface area contributed by atoms with Gasteiger partial charge in [0.25, 0.3) is 0 Å². The summed E-state index contributed by atoms with van der Waals surface area (Å²) in [5, 5.41) is 15.0. The Balaban J connectivity index is 1.24. The van der Waals surface area contributed by atoms with Crippen LogP contribution in [0.25, 0.3) is 0 Å².